The number of aryl methyl sites for hydroxylation is 3. The molecule has 1 heterocycles. The van der Waals surface area contributed by atoms with Crippen LogP contribution in [0.3, 0.4) is 0 Å². The molecule has 2 aromatic carbocycles. The van der Waals surface area contributed by atoms with Crippen molar-refractivity contribution in [3.05, 3.63) is 53.6 Å². The SMILES string of the molecule is Cc1ccc(NCC(=O)N=Nc2c(O)n(C)c3ccccc23)c(C)c1. The lowest BCUT2D eigenvalue weighted by molar-refractivity contribution is -0.116. The van der Waals surface area contributed by atoms with Crippen LogP contribution < -0.4 is 5.32 Å². The Labute approximate surface area is 145 Å². The lowest BCUT2D eigenvalue weighted by Crippen LogP contribution is -2.11. The van der Waals surface area contributed by atoms with Crippen LogP contribution in [-0.2, 0) is 11.8 Å². The van der Waals surface area contributed by atoms with E-state index >= 15 is 0 Å². The summed E-state index contributed by atoms with van der Waals surface area (Å²) in [4.78, 5) is 12.0. The molecule has 25 heavy (non-hydrogen) atoms. The van der Waals surface area contributed by atoms with Gasteiger partial charge in [-0.15, -0.1) is 10.2 Å². The third-order valence-corrected chi connectivity index (χ3v) is 4.12. The maximum Gasteiger partial charge on any atom is 0.283 e. The first-order valence-corrected chi connectivity index (χ1v) is 7.99. The number of carbonyl (C=O) groups is 1. The number of amides is 1. The number of nitrogens with zero attached hydrogens (tertiary/aromatic N) is 3. The van der Waals surface area contributed by atoms with Crippen LogP contribution in [0.1, 0.15) is 11.1 Å². The van der Waals surface area contributed by atoms with Crippen molar-refractivity contribution in [1.29, 1.82) is 0 Å². The van der Waals surface area contributed by atoms with Crippen molar-refractivity contribution in [2.45, 2.75) is 13.8 Å². The fourth-order valence-corrected chi connectivity index (χ4v) is 2.78. The summed E-state index contributed by atoms with van der Waals surface area (Å²) in [6, 6.07) is 13.4. The second-order valence-electron chi connectivity index (χ2n) is 6.01. The number of aromatic hydroxyl groups is 1. The van der Waals surface area contributed by atoms with Crippen LogP contribution in [0.25, 0.3) is 10.9 Å². The number of carbonyl (C=O) groups excluding carboxylic acids is 1. The lowest BCUT2D eigenvalue weighted by atomic mass is 10.1. The Morgan fingerprint density at radius 2 is 1.96 bits per heavy atom. The van der Waals surface area contributed by atoms with Crippen molar-refractivity contribution in [2.24, 2.45) is 17.3 Å². The molecule has 0 atom stereocenters. The molecule has 0 aliphatic heterocycles. The number of aromatic nitrogens is 1. The minimum Gasteiger partial charge on any atom is -0.493 e. The van der Waals surface area contributed by atoms with Gasteiger partial charge in [-0.05, 0) is 31.5 Å². The number of nitrogens with one attached hydrogen (secondary N) is 1. The molecule has 0 unspecified atom stereocenters. The van der Waals surface area contributed by atoms with Gasteiger partial charge < -0.3 is 15.0 Å². The van der Waals surface area contributed by atoms with Crippen molar-refractivity contribution < 1.29 is 9.90 Å². The highest BCUT2D eigenvalue weighted by Crippen LogP contribution is 2.37. The maximum atomic E-state index is 12.0. The monoisotopic (exact) mass is 336 g/mol. The van der Waals surface area contributed by atoms with Crippen molar-refractivity contribution in [3.63, 3.8) is 0 Å². The molecule has 0 aliphatic rings. The number of azo groups is 1. The fourth-order valence-electron chi connectivity index (χ4n) is 2.78. The van der Waals surface area contributed by atoms with E-state index < -0.39 is 5.91 Å². The van der Waals surface area contributed by atoms with Crippen molar-refractivity contribution in [1.82, 2.24) is 4.57 Å². The summed E-state index contributed by atoms with van der Waals surface area (Å²) < 4.78 is 1.61. The first-order valence-electron chi connectivity index (χ1n) is 7.99. The van der Waals surface area contributed by atoms with Gasteiger partial charge in [0, 0.05) is 18.1 Å². The van der Waals surface area contributed by atoms with Gasteiger partial charge in [0.25, 0.3) is 5.91 Å². The first kappa shape index (κ1) is 16.7. The summed E-state index contributed by atoms with van der Waals surface area (Å²) in [5, 5.41) is 21.7. The highest BCUT2D eigenvalue weighted by atomic mass is 16.3. The molecule has 0 saturated heterocycles. The lowest BCUT2D eigenvalue weighted by Gasteiger charge is -2.07. The zero-order valence-corrected chi connectivity index (χ0v) is 14.4. The minimum atomic E-state index is -0.410. The highest BCUT2D eigenvalue weighted by Gasteiger charge is 2.14. The zero-order valence-electron chi connectivity index (χ0n) is 14.4. The predicted molar refractivity (Wildman–Crippen MR) is 98.5 cm³/mol. The van der Waals surface area contributed by atoms with Gasteiger partial charge in [-0.1, -0.05) is 35.9 Å². The zero-order chi connectivity index (χ0) is 18.0. The molecule has 3 aromatic rings. The summed E-state index contributed by atoms with van der Waals surface area (Å²) in [7, 11) is 1.74. The largest absolute Gasteiger partial charge is 0.493 e. The Morgan fingerprint density at radius 1 is 1.20 bits per heavy atom. The molecule has 3 rings (SSSR count). The second-order valence-corrected chi connectivity index (χ2v) is 6.01. The van der Waals surface area contributed by atoms with E-state index in [0.29, 0.717) is 5.69 Å². The Kier molecular flexibility index (Phi) is 4.52. The quantitative estimate of drug-likeness (QED) is 0.700. The van der Waals surface area contributed by atoms with E-state index in [4.69, 9.17) is 0 Å². The molecule has 1 amide bonds. The fraction of sp³-hybridized carbons (Fsp3) is 0.211. The number of anilines is 1. The van der Waals surface area contributed by atoms with Crippen molar-refractivity contribution >= 4 is 28.2 Å². The van der Waals surface area contributed by atoms with Crippen molar-refractivity contribution in [2.75, 3.05) is 11.9 Å². The summed E-state index contributed by atoms with van der Waals surface area (Å²) in [6.45, 7) is 4.04. The predicted octanol–water partition coefficient (Wildman–Crippen LogP) is 4.22. The van der Waals surface area contributed by atoms with E-state index in [2.05, 4.69) is 15.5 Å². The highest BCUT2D eigenvalue weighted by molar-refractivity contribution is 5.95. The smallest absolute Gasteiger partial charge is 0.283 e. The third kappa shape index (κ3) is 3.38. The van der Waals surface area contributed by atoms with E-state index in [-0.39, 0.29) is 12.4 Å². The Morgan fingerprint density at radius 3 is 2.72 bits per heavy atom. The summed E-state index contributed by atoms with van der Waals surface area (Å²) in [5.41, 5.74) is 4.26. The van der Waals surface area contributed by atoms with Crippen LogP contribution in [0.15, 0.2) is 52.7 Å². The number of hydrogen-bond donors (Lipinski definition) is 2. The van der Waals surface area contributed by atoms with E-state index in [1.807, 2.05) is 56.3 Å². The average molecular weight is 336 g/mol. The molecule has 2 N–H and O–H groups in total. The average Bonchev–Trinajstić information content (AvgIpc) is 2.84. The standard InChI is InChI=1S/C19H20N4O2/c1-12-8-9-15(13(2)10-12)20-11-17(24)21-22-18-14-6-4-5-7-16(14)23(3)19(18)25/h4-10,20,25H,11H2,1-3H3. The van der Waals surface area contributed by atoms with Crippen LogP contribution in [0.4, 0.5) is 11.4 Å². The van der Waals surface area contributed by atoms with E-state index in [1.165, 1.54) is 5.56 Å². The van der Waals surface area contributed by atoms with Gasteiger partial charge in [-0.25, -0.2) is 0 Å². The molecular formula is C19H20N4O2. The van der Waals surface area contributed by atoms with Crippen LogP contribution >= 0.6 is 0 Å². The van der Waals surface area contributed by atoms with E-state index in [0.717, 1.165) is 22.2 Å². The Bertz CT molecular complexity index is 973. The minimum absolute atomic E-state index is 0.0138. The molecule has 0 fully saturated rings. The van der Waals surface area contributed by atoms with Gasteiger partial charge in [0.15, 0.2) is 5.69 Å². The Balaban J connectivity index is 1.74. The molecule has 6 heteroatoms. The van der Waals surface area contributed by atoms with Crippen molar-refractivity contribution in [3.8, 4) is 5.88 Å². The van der Waals surface area contributed by atoms with Gasteiger partial charge in [0.1, 0.15) is 0 Å². The molecule has 1 aromatic heterocycles. The van der Waals surface area contributed by atoms with Gasteiger partial charge in [0.2, 0.25) is 5.88 Å². The molecule has 0 aliphatic carbocycles. The number of benzene rings is 2. The summed E-state index contributed by atoms with van der Waals surface area (Å²) >= 11 is 0. The van der Waals surface area contributed by atoms with E-state index in [1.54, 1.807) is 11.6 Å². The molecule has 128 valence electrons. The normalized spacial score (nSPS) is 11.3. The summed E-state index contributed by atoms with van der Waals surface area (Å²) in [5.74, 6) is -0.424. The van der Waals surface area contributed by atoms with E-state index in [9.17, 15) is 9.90 Å². The van der Waals surface area contributed by atoms with Gasteiger partial charge >= 0.3 is 0 Å². The molecule has 6 nitrogen and oxygen atoms in total. The molecule has 0 spiro atoms. The van der Waals surface area contributed by atoms with Gasteiger partial charge in [-0.3, -0.25) is 4.79 Å². The van der Waals surface area contributed by atoms with Crippen LogP contribution in [0.5, 0.6) is 5.88 Å². The second kappa shape index (κ2) is 6.76. The first-order chi connectivity index (χ1) is 12.0. The topological polar surface area (TPSA) is 79.0 Å². The maximum absolute atomic E-state index is 12.0. The number of fused-ring (bicyclic) bond motifs is 1. The van der Waals surface area contributed by atoms with Gasteiger partial charge in [0.05, 0.1) is 12.1 Å². The van der Waals surface area contributed by atoms with Crippen LogP contribution in [0.2, 0.25) is 0 Å². The molecule has 0 radical (unpaired) electrons. The molecule has 0 bridgehead atoms. The van der Waals surface area contributed by atoms with Crippen LogP contribution in [0, 0.1) is 13.8 Å². The molecular weight excluding hydrogens is 316 g/mol. The number of hydrogen-bond acceptors (Lipinski definition) is 4. The van der Waals surface area contributed by atoms with Gasteiger partial charge in [-0.2, -0.15) is 0 Å². The third-order valence-electron chi connectivity index (χ3n) is 4.12. The number of para-hydroxylation sites is 1. The Hall–Kier alpha value is -3.15. The number of rotatable bonds is 4. The van der Waals surface area contributed by atoms with Crippen LogP contribution in [-0.4, -0.2) is 22.1 Å². The molecule has 0 saturated carbocycles. The summed E-state index contributed by atoms with van der Waals surface area (Å²) in [6.07, 6.45) is 0.